The van der Waals surface area contributed by atoms with E-state index in [2.05, 4.69) is 4.72 Å². The Kier molecular flexibility index (Phi) is 4.73. The van der Waals surface area contributed by atoms with Crippen molar-refractivity contribution in [3.05, 3.63) is 52.5 Å². The smallest absolute Gasteiger partial charge is 0.269 e. The van der Waals surface area contributed by atoms with Crippen molar-refractivity contribution in [2.45, 2.75) is 19.3 Å². The number of nitrogens with one attached hydrogen (secondary N) is 1. The summed E-state index contributed by atoms with van der Waals surface area (Å²) >= 11 is 4.96. The van der Waals surface area contributed by atoms with Crippen molar-refractivity contribution in [3.8, 4) is 17.2 Å². The van der Waals surface area contributed by atoms with Gasteiger partial charge in [-0.2, -0.15) is 4.72 Å². The van der Waals surface area contributed by atoms with E-state index in [0.29, 0.717) is 34.6 Å². The molecule has 3 unspecified atom stereocenters. The molecule has 2 aliphatic rings. The first kappa shape index (κ1) is 17.5. The van der Waals surface area contributed by atoms with Crippen LogP contribution in [0.4, 0.5) is 0 Å². The molecule has 7 heteroatoms. The summed E-state index contributed by atoms with van der Waals surface area (Å²) in [7, 11) is 0. The maximum atomic E-state index is 12.1. The van der Waals surface area contributed by atoms with Gasteiger partial charge in [-0.15, -0.1) is 0 Å². The number of rotatable bonds is 3. The predicted octanol–water partition coefficient (Wildman–Crippen LogP) is 3.72. The third-order valence-electron chi connectivity index (χ3n) is 4.75. The van der Waals surface area contributed by atoms with Crippen LogP contribution in [0.25, 0.3) is 0 Å². The van der Waals surface area contributed by atoms with Gasteiger partial charge in [0.2, 0.25) is 0 Å². The lowest BCUT2D eigenvalue weighted by Gasteiger charge is -2.28. The fraction of sp³-hybridized carbons (Fsp3) is 0.316. The molecule has 2 aromatic rings. The molecule has 4 rings (SSSR count). The summed E-state index contributed by atoms with van der Waals surface area (Å²) in [6.45, 7) is 2.48. The van der Waals surface area contributed by atoms with E-state index in [-0.39, 0.29) is 17.7 Å². The van der Waals surface area contributed by atoms with Crippen molar-refractivity contribution in [1.29, 1.82) is 0 Å². The van der Waals surface area contributed by atoms with E-state index >= 15 is 0 Å². The topological polar surface area (TPSA) is 70.6 Å². The van der Waals surface area contributed by atoms with E-state index in [1.807, 2.05) is 43.3 Å². The number of halogens is 1. The second-order valence-electron chi connectivity index (χ2n) is 6.56. The summed E-state index contributed by atoms with van der Waals surface area (Å²) in [6, 6.07) is 11.2. The zero-order chi connectivity index (χ0) is 18.3. The zero-order valence-electron chi connectivity index (χ0n) is 14.2. The van der Waals surface area contributed by atoms with E-state index in [0.717, 1.165) is 17.5 Å². The van der Waals surface area contributed by atoms with Crippen molar-refractivity contribution in [2.75, 3.05) is 12.4 Å². The van der Waals surface area contributed by atoms with Gasteiger partial charge in [-0.1, -0.05) is 23.7 Å². The average molecular weight is 392 g/mol. The molecular weight excluding hydrogens is 374 g/mol. The summed E-state index contributed by atoms with van der Waals surface area (Å²) in [5, 5.41) is 0.548. The third kappa shape index (κ3) is 3.37. The standard InChI is InChI=1S/C19H18ClNO4S/c1-11-2-5-17(16(20)8-11)25-12-3-4-14-13(6-7-24-18(14)9-12)15-10-26(23)21-19(15)22/h2-5,8-9,13,15H,6-7,10H2,1H3,(H,21,22). The highest BCUT2D eigenvalue weighted by Crippen LogP contribution is 2.42. The highest BCUT2D eigenvalue weighted by atomic mass is 35.5. The van der Waals surface area contributed by atoms with Gasteiger partial charge >= 0.3 is 0 Å². The largest absolute Gasteiger partial charge is 0.593 e. The number of hydrogen-bond donors (Lipinski definition) is 1. The Hall–Kier alpha value is -1.89. The Morgan fingerprint density at radius 2 is 2.12 bits per heavy atom. The van der Waals surface area contributed by atoms with Crippen LogP contribution in [0, 0.1) is 12.8 Å². The van der Waals surface area contributed by atoms with Crippen LogP contribution in [-0.2, 0) is 16.2 Å². The van der Waals surface area contributed by atoms with Crippen LogP contribution in [0.5, 0.6) is 17.2 Å². The Morgan fingerprint density at radius 1 is 1.27 bits per heavy atom. The zero-order valence-corrected chi connectivity index (χ0v) is 15.7. The summed E-state index contributed by atoms with van der Waals surface area (Å²) in [6.07, 6.45) is 0.728. The van der Waals surface area contributed by atoms with Crippen molar-refractivity contribution in [1.82, 2.24) is 4.72 Å². The van der Waals surface area contributed by atoms with Crippen LogP contribution in [0.1, 0.15) is 23.5 Å². The maximum Gasteiger partial charge on any atom is 0.269 e. The van der Waals surface area contributed by atoms with E-state index in [9.17, 15) is 9.35 Å². The fourth-order valence-electron chi connectivity index (χ4n) is 3.46. The van der Waals surface area contributed by atoms with Crippen LogP contribution in [-0.4, -0.2) is 22.8 Å². The van der Waals surface area contributed by atoms with Gasteiger partial charge in [0.05, 0.1) is 28.9 Å². The molecule has 2 aromatic carbocycles. The van der Waals surface area contributed by atoms with Crippen LogP contribution in [0.2, 0.25) is 5.02 Å². The summed E-state index contributed by atoms with van der Waals surface area (Å²) < 4.78 is 25.8. The van der Waals surface area contributed by atoms with Gasteiger partial charge in [0, 0.05) is 12.0 Å². The molecular formula is C19H18ClNO4S. The third-order valence-corrected chi connectivity index (χ3v) is 6.14. The van der Waals surface area contributed by atoms with Gasteiger partial charge in [-0.25, -0.2) is 0 Å². The maximum absolute atomic E-state index is 12.1. The molecule has 5 nitrogen and oxygen atoms in total. The Labute approximate surface area is 160 Å². The Morgan fingerprint density at radius 3 is 2.85 bits per heavy atom. The minimum absolute atomic E-state index is 0.00205. The van der Waals surface area contributed by atoms with Gasteiger partial charge in [0.25, 0.3) is 5.91 Å². The van der Waals surface area contributed by atoms with Gasteiger partial charge in [0.1, 0.15) is 23.0 Å². The number of carbonyl (C=O) groups is 1. The average Bonchev–Trinajstić information content (AvgIpc) is 2.95. The van der Waals surface area contributed by atoms with Crippen LogP contribution < -0.4 is 14.2 Å². The minimum atomic E-state index is -1.28. The van der Waals surface area contributed by atoms with Crippen molar-refractivity contribution in [2.24, 2.45) is 5.92 Å². The number of ether oxygens (including phenoxy) is 2. The van der Waals surface area contributed by atoms with E-state index in [4.69, 9.17) is 21.1 Å². The molecule has 2 aliphatic heterocycles. The van der Waals surface area contributed by atoms with Gasteiger partial charge in [-0.05, 0) is 42.7 Å². The quantitative estimate of drug-likeness (QED) is 0.809. The molecule has 1 amide bonds. The van der Waals surface area contributed by atoms with E-state index in [1.165, 1.54) is 0 Å². The SMILES string of the molecule is Cc1ccc(Oc2ccc3c(c2)OCCC3C2C[S+]([O-])NC2=O)c(Cl)c1. The molecule has 26 heavy (non-hydrogen) atoms. The molecule has 1 N–H and O–H groups in total. The lowest BCUT2D eigenvalue weighted by Crippen LogP contribution is -2.28. The highest BCUT2D eigenvalue weighted by Gasteiger charge is 2.43. The second-order valence-corrected chi connectivity index (χ2v) is 8.20. The van der Waals surface area contributed by atoms with Crippen molar-refractivity contribution >= 4 is 28.9 Å². The summed E-state index contributed by atoms with van der Waals surface area (Å²) in [4.78, 5) is 12.1. The minimum Gasteiger partial charge on any atom is -0.593 e. The summed E-state index contributed by atoms with van der Waals surface area (Å²) in [5.74, 6) is 1.82. The molecule has 136 valence electrons. The van der Waals surface area contributed by atoms with Crippen molar-refractivity contribution < 1.29 is 18.8 Å². The number of hydrogen-bond acceptors (Lipinski definition) is 4. The van der Waals surface area contributed by atoms with Crippen LogP contribution >= 0.6 is 11.6 Å². The van der Waals surface area contributed by atoms with Gasteiger partial charge in [0.15, 0.2) is 0 Å². The molecule has 0 spiro atoms. The molecule has 0 aromatic heterocycles. The van der Waals surface area contributed by atoms with E-state index in [1.54, 1.807) is 0 Å². The highest BCUT2D eigenvalue weighted by molar-refractivity contribution is 7.90. The number of aryl methyl sites for hydroxylation is 1. The van der Waals surface area contributed by atoms with E-state index < -0.39 is 11.4 Å². The lowest BCUT2D eigenvalue weighted by molar-refractivity contribution is -0.122. The molecule has 0 radical (unpaired) electrons. The summed E-state index contributed by atoms with van der Waals surface area (Å²) in [5.41, 5.74) is 2.02. The van der Waals surface area contributed by atoms with Gasteiger partial charge < -0.3 is 14.0 Å². The van der Waals surface area contributed by atoms with Crippen LogP contribution in [0.3, 0.4) is 0 Å². The molecule has 1 fully saturated rings. The molecule has 3 atom stereocenters. The Bertz CT molecular complexity index is 859. The Balaban J connectivity index is 1.59. The monoisotopic (exact) mass is 391 g/mol. The number of benzene rings is 2. The number of amides is 1. The van der Waals surface area contributed by atoms with Crippen molar-refractivity contribution in [3.63, 3.8) is 0 Å². The fourth-order valence-corrected chi connectivity index (χ4v) is 4.90. The first-order chi connectivity index (χ1) is 12.5. The molecule has 1 saturated heterocycles. The molecule has 0 aliphatic carbocycles. The number of carbonyl (C=O) groups excluding carboxylic acids is 1. The predicted molar refractivity (Wildman–Crippen MR) is 100 cm³/mol. The first-order valence-electron chi connectivity index (χ1n) is 8.41. The lowest BCUT2D eigenvalue weighted by atomic mass is 9.82. The number of fused-ring (bicyclic) bond motifs is 1. The first-order valence-corrected chi connectivity index (χ1v) is 10.1. The van der Waals surface area contributed by atoms with Crippen LogP contribution in [0.15, 0.2) is 36.4 Å². The van der Waals surface area contributed by atoms with Gasteiger partial charge in [-0.3, -0.25) is 4.79 Å². The normalized spacial score (nSPS) is 24.6. The molecule has 2 heterocycles. The second kappa shape index (κ2) is 7.02. The molecule has 0 bridgehead atoms. The molecule has 0 saturated carbocycles.